The highest BCUT2D eigenvalue weighted by atomic mass is 19.4. The molecule has 2 N–H and O–H groups in total. The lowest BCUT2D eigenvalue weighted by Crippen LogP contribution is -2.52. The minimum Gasteiger partial charge on any atom is -0.493 e. The van der Waals surface area contributed by atoms with Crippen LogP contribution >= 0.6 is 0 Å². The summed E-state index contributed by atoms with van der Waals surface area (Å²) in [7, 11) is 1.20. The fourth-order valence-corrected chi connectivity index (χ4v) is 1.42. The fraction of sp³-hybridized carbons (Fsp3) is 0.455. The van der Waals surface area contributed by atoms with Gasteiger partial charge in [0.05, 0.1) is 7.11 Å². The van der Waals surface area contributed by atoms with Gasteiger partial charge in [0.25, 0.3) is 0 Å². The van der Waals surface area contributed by atoms with Crippen LogP contribution in [0.5, 0.6) is 5.75 Å². The monoisotopic (exact) mass is 251 g/mol. The largest absolute Gasteiger partial charge is 0.493 e. The molecule has 1 atom stereocenters. The molecule has 0 radical (unpaired) electrons. The minimum absolute atomic E-state index is 0.0924. The zero-order valence-electron chi connectivity index (χ0n) is 9.44. The molecule has 0 bridgehead atoms. The van der Waals surface area contributed by atoms with Gasteiger partial charge in [0, 0.05) is 6.42 Å². The van der Waals surface area contributed by atoms with Gasteiger partial charge in [-0.2, -0.15) is 13.2 Å². The maximum absolute atomic E-state index is 13.3. The van der Waals surface area contributed by atoms with Crippen LogP contribution in [0.4, 0.5) is 17.6 Å². The van der Waals surface area contributed by atoms with Gasteiger partial charge in [0.1, 0.15) is 5.54 Å². The molecule has 0 heterocycles. The van der Waals surface area contributed by atoms with Crippen molar-refractivity contribution in [1.29, 1.82) is 0 Å². The average molecular weight is 251 g/mol. The quantitative estimate of drug-likeness (QED) is 0.838. The Morgan fingerprint density at radius 1 is 1.29 bits per heavy atom. The van der Waals surface area contributed by atoms with Crippen molar-refractivity contribution < 1.29 is 22.3 Å². The molecule has 0 aromatic heterocycles. The Morgan fingerprint density at radius 2 is 1.88 bits per heavy atom. The molecule has 2 nitrogen and oxygen atoms in total. The summed E-state index contributed by atoms with van der Waals surface area (Å²) in [5.74, 6) is -0.906. The van der Waals surface area contributed by atoms with E-state index in [1.165, 1.54) is 19.2 Å². The minimum atomic E-state index is -4.57. The molecular weight excluding hydrogens is 238 g/mol. The van der Waals surface area contributed by atoms with Gasteiger partial charge >= 0.3 is 6.18 Å². The summed E-state index contributed by atoms with van der Waals surface area (Å²) in [4.78, 5) is 0. The zero-order chi connectivity index (χ0) is 13.3. The smallest absolute Gasteiger partial charge is 0.406 e. The van der Waals surface area contributed by atoms with Gasteiger partial charge in [-0.15, -0.1) is 0 Å². The molecule has 0 saturated carbocycles. The molecule has 6 heteroatoms. The summed E-state index contributed by atoms with van der Waals surface area (Å²) in [6.45, 7) is 0.858. The second-order valence-electron chi connectivity index (χ2n) is 4.02. The lowest BCUT2D eigenvalue weighted by atomic mass is 9.92. The van der Waals surface area contributed by atoms with Crippen LogP contribution in [0.2, 0.25) is 0 Å². The van der Waals surface area contributed by atoms with E-state index >= 15 is 0 Å². The van der Waals surface area contributed by atoms with Crippen LogP contribution in [0.1, 0.15) is 12.5 Å². The Hall–Kier alpha value is -1.30. The molecule has 0 aliphatic heterocycles. The second kappa shape index (κ2) is 4.52. The van der Waals surface area contributed by atoms with Gasteiger partial charge in [-0.3, -0.25) is 0 Å². The van der Waals surface area contributed by atoms with E-state index in [1.807, 2.05) is 0 Å². The molecule has 17 heavy (non-hydrogen) atoms. The first-order valence-corrected chi connectivity index (χ1v) is 4.86. The van der Waals surface area contributed by atoms with Gasteiger partial charge in [0.2, 0.25) is 0 Å². The molecule has 0 saturated heterocycles. The molecule has 0 spiro atoms. The van der Waals surface area contributed by atoms with Crippen molar-refractivity contribution in [2.45, 2.75) is 25.1 Å². The number of benzene rings is 1. The number of rotatable bonds is 3. The van der Waals surface area contributed by atoms with Crippen molar-refractivity contribution in [2.75, 3.05) is 7.11 Å². The fourth-order valence-electron chi connectivity index (χ4n) is 1.42. The van der Waals surface area contributed by atoms with Gasteiger partial charge in [0.15, 0.2) is 11.6 Å². The van der Waals surface area contributed by atoms with E-state index < -0.39 is 24.0 Å². The number of halogens is 4. The molecule has 0 amide bonds. The van der Waals surface area contributed by atoms with Gasteiger partial charge in [-0.25, -0.2) is 4.39 Å². The number of para-hydroxylation sites is 1. The lowest BCUT2D eigenvalue weighted by Gasteiger charge is -2.28. The molecule has 1 unspecified atom stereocenters. The highest BCUT2D eigenvalue weighted by Gasteiger charge is 2.48. The third-order valence-electron chi connectivity index (χ3n) is 2.46. The molecule has 1 aromatic rings. The molecule has 0 aliphatic rings. The van der Waals surface area contributed by atoms with E-state index in [4.69, 9.17) is 10.5 Å². The molecule has 1 aromatic carbocycles. The third kappa shape index (κ3) is 2.88. The van der Waals surface area contributed by atoms with E-state index in [2.05, 4.69) is 0 Å². The number of methoxy groups -OCH3 is 1. The Morgan fingerprint density at radius 3 is 2.35 bits per heavy atom. The van der Waals surface area contributed by atoms with Gasteiger partial charge in [-0.05, 0) is 18.6 Å². The number of hydrogen-bond acceptors (Lipinski definition) is 2. The normalized spacial score (nSPS) is 15.5. The molecule has 1 rings (SSSR count). The lowest BCUT2D eigenvalue weighted by molar-refractivity contribution is -0.180. The molecule has 0 fully saturated rings. The second-order valence-corrected chi connectivity index (χ2v) is 4.02. The highest BCUT2D eigenvalue weighted by molar-refractivity contribution is 5.36. The van der Waals surface area contributed by atoms with Crippen molar-refractivity contribution in [3.8, 4) is 5.75 Å². The number of hydrogen-bond donors (Lipinski definition) is 1. The van der Waals surface area contributed by atoms with Crippen molar-refractivity contribution in [1.82, 2.24) is 0 Å². The SMILES string of the molecule is COc1c(F)cccc1CC(C)(N)C(F)(F)F. The van der Waals surface area contributed by atoms with Crippen LogP contribution in [0, 0.1) is 5.82 Å². The van der Waals surface area contributed by atoms with Crippen LogP contribution in [-0.4, -0.2) is 18.8 Å². The standard InChI is InChI=1S/C11H13F4NO/c1-10(16,11(13,14)15)6-7-4-3-5-8(12)9(7)17-2/h3-5H,6,16H2,1-2H3. The van der Waals surface area contributed by atoms with Crippen LogP contribution in [0.3, 0.4) is 0 Å². The Kier molecular flexibility index (Phi) is 3.66. The van der Waals surface area contributed by atoms with E-state index in [9.17, 15) is 17.6 Å². The summed E-state index contributed by atoms with van der Waals surface area (Å²) in [6, 6.07) is 3.79. The van der Waals surface area contributed by atoms with Crippen LogP contribution in [0.15, 0.2) is 18.2 Å². The first-order valence-electron chi connectivity index (χ1n) is 4.86. The Balaban J connectivity index is 3.08. The number of nitrogens with two attached hydrogens (primary N) is 1. The molecule has 96 valence electrons. The van der Waals surface area contributed by atoms with E-state index in [0.29, 0.717) is 0 Å². The average Bonchev–Trinajstić information content (AvgIpc) is 2.15. The number of alkyl halides is 3. The first-order chi connectivity index (χ1) is 7.69. The zero-order valence-corrected chi connectivity index (χ0v) is 9.44. The van der Waals surface area contributed by atoms with Crippen LogP contribution in [-0.2, 0) is 6.42 Å². The summed E-state index contributed by atoms with van der Waals surface area (Å²) < 4.78 is 55.8. The van der Waals surface area contributed by atoms with Crippen molar-refractivity contribution in [3.05, 3.63) is 29.6 Å². The van der Waals surface area contributed by atoms with E-state index in [-0.39, 0.29) is 11.3 Å². The topological polar surface area (TPSA) is 35.2 Å². The van der Waals surface area contributed by atoms with Crippen LogP contribution < -0.4 is 10.5 Å². The first kappa shape index (κ1) is 13.8. The van der Waals surface area contributed by atoms with E-state index in [1.54, 1.807) is 0 Å². The van der Waals surface area contributed by atoms with Crippen molar-refractivity contribution >= 4 is 0 Å². The summed E-state index contributed by atoms with van der Waals surface area (Å²) >= 11 is 0. The van der Waals surface area contributed by atoms with Gasteiger partial charge < -0.3 is 10.5 Å². The number of ether oxygens (including phenoxy) is 1. The van der Waals surface area contributed by atoms with Crippen molar-refractivity contribution in [2.24, 2.45) is 5.73 Å². The summed E-state index contributed by atoms with van der Waals surface area (Å²) in [5, 5.41) is 0. The predicted molar refractivity (Wildman–Crippen MR) is 55.3 cm³/mol. The predicted octanol–water partition coefficient (Wildman–Crippen LogP) is 2.66. The van der Waals surface area contributed by atoms with Gasteiger partial charge in [-0.1, -0.05) is 12.1 Å². The Bertz CT molecular complexity index is 401. The Labute approximate surface area is 96.4 Å². The van der Waals surface area contributed by atoms with Crippen molar-refractivity contribution in [3.63, 3.8) is 0 Å². The summed E-state index contributed by atoms with van der Waals surface area (Å²) in [6.07, 6.45) is -5.11. The highest BCUT2D eigenvalue weighted by Crippen LogP contribution is 2.33. The summed E-state index contributed by atoms with van der Waals surface area (Å²) in [5.41, 5.74) is 2.87. The molecule has 0 aliphatic carbocycles. The maximum Gasteiger partial charge on any atom is 0.406 e. The maximum atomic E-state index is 13.3. The third-order valence-corrected chi connectivity index (χ3v) is 2.46. The molecular formula is C11H13F4NO. The van der Waals surface area contributed by atoms with Crippen LogP contribution in [0.25, 0.3) is 0 Å². The van der Waals surface area contributed by atoms with E-state index in [0.717, 1.165) is 13.0 Å².